The molecule has 0 saturated carbocycles. The van der Waals surface area contributed by atoms with Crippen molar-refractivity contribution in [3.63, 3.8) is 0 Å². The number of piperidine rings is 1. The molecule has 2 aliphatic heterocycles. The second-order valence-electron chi connectivity index (χ2n) is 7.58. The maximum absolute atomic E-state index is 12.8. The van der Waals surface area contributed by atoms with Crippen LogP contribution in [0.2, 0.25) is 0 Å². The molecule has 1 amide bonds. The highest BCUT2D eigenvalue weighted by Crippen LogP contribution is 2.27. The molecule has 8 nitrogen and oxygen atoms in total. The number of sulfonamides is 1. The van der Waals surface area contributed by atoms with Crippen LogP contribution in [0.3, 0.4) is 0 Å². The predicted molar refractivity (Wildman–Crippen MR) is 111 cm³/mol. The number of likely N-dealkylation sites (tertiary alicyclic amines) is 1. The predicted octanol–water partition coefficient (Wildman–Crippen LogP) is 3.07. The Morgan fingerprint density at radius 3 is 2.59 bits per heavy atom. The van der Waals surface area contributed by atoms with Crippen LogP contribution in [-0.4, -0.2) is 54.7 Å². The number of furan rings is 1. The summed E-state index contributed by atoms with van der Waals surface area (Å²) in [7, 11) is -3.63. The van der Waals surface area contributed by atoms with Gasteiger partial charge in [-0.05, 0) is 45.7 Å². The fraction of sp³-hybridized carbons (Fsp3) is 0.579. The number of carbonyl (C=O) groups excluding carboxylic acids is 1. The minimum absolute atomic E-state index is 0.0203. The van der Waals surface area contributed by atoms with E-state index in [0.29, 0.717) is 18.2 Å². The van der Waals surface area contributed by atoms with Gasteiger partial charge in [-0.15, -0.1) is 11.3 Å². The number of nitrogens with one attached hydrogen (secondary N) is 1. The zero-order chi connectivity index (χ0) is 20.4. The standard InChI is InChI=1S/C19H26N4O4S2/c1-14-17(29(25,26)23-9-5-6-10-23)11-16(27-14)18(24)21-19-20-15(13-28-19)12-22-7-3-2-4-8-22/h11,13H,2-10,12H2,1H3,(H,20,21,24). The van der Waals surface area contributed by atoms with Gasteiger partial charge in [-0.2, -0.15) is 4.31 Å². The summed E-state index contributed by atoms with van der Waals surface area (Å²) >= 11 is 1.36. The number of thiazole rings is 1. The molecule has 10 heteroatoms. The highest BCUT2D eigenvalue weighted by Gasteiger charge is 2.31. The molecule has 4 rings (SSSR count). The molecule has 0 unspecified atom stereocenters. The van der Waals surface area contributed by atoms with Gasteiger partial charge in [0.2, 0.25) is 10.0 Å². The van der Waals surface area contributed by atoms with E-state index in [1.165, 1.54) is 41.0 Å². The van der Waals surface area contributed by atoms with Crippen molar-refractivity contribution in [1.82, 2.24) is 14.2 Å². The quantitative estimate of drug-likeness (QED) is 0.745. The minimum Gasteiger partial charge on any atom is -0.455 e. The third-order valence-corrected chi connectivity index (χ3v) is 8.20. The largest absolute Gasteiger partial charge is 0.455 e. The van der Waals surface area contributed by atoms with Gasteiger partial charge in [-0.3, -0.25) is 15.0 Å². The lowest BCUT2D eigenvalue weighted by Gasteiger charge is -2.25. The molecule has 0 atom stereocenters. The molecular formula is C19H26N4O4S2. The van der Waals surface area contributed by atoms with Crippen LogP contribution in [0, 0.1) is 6.92 Å². The van der Waals surface area contributed by atoms with E-state index in [4.69, 9.17) is 4.42 Å². The van der Waals surface area contributed by atoms with Crippen molar-refractivity contribution in [3.05, 3.63) is 28.7 Å². The van der Waals surface area contributed by atoms with Crippen LogP contribution in [0.4, 0.5) is 5.13 Å². The summed E-state index contributed by atoms with van der Waals surface area (Å²) in [6.07, 6.45) is 5.43. The first-order valence-electron chi connectivity index (χ1n) is 10.0. The first-order chi connectivity index (χ1) is 13.9. The highest BCUT2D eigenvalue weighted by molar-refractivity contribution is 7.89. The summed E-state index contributed by atoms with van der Waals surface area (Å²) in [5, 5.41) is 5.16. The Bertz CT molecular complexity index is 970. The van der Waals surface area contributed by atoms with Gasteiger partial charge >= 0.3 is 0 Å². The Morgan fingerprint density at radius 1 is 1.17 bits per heavy atom. The van der Waals surface area contributed by atoms with Crippen molar-refractivity contribution in [3.8, 4) is 0 Å². The van der Waals surface area contributed by atoms with Crippen LogP contribution < -0.4 is 5.32 Å². The van der Waals surface area contributed by atoms with E-state index in [1.807, 2.05) is 5.38 Å². The first kappa shape index (κ1) is 20.5. The van der Waals surface area contributed by atoms with E-state index >= 15 is 0 Å². The van der Waals surface area contributed by atoms with Crippen LogP contribution in [0.1, 0.15) is 54.1 Å². The summed E-state index contributed by atoms with van der Waals surface area (Å²) in [5.74, 6) is -0.283. The molecule has 0 aliphatic carbocycles. The van der Waals surface area contributed by atoms with Crippen LogP contribution in [0.25, 0.3) is 0 Å². The van der Waals surface area contributed by atoms with E-state index in [2.05, 4.69) is 15.2 Å². The molecule has 2 aliphatic rings. The number of hydrogen-bond acceptors (Lipinski definition) is 7. The fourth-order valence-electron chi connectivity index (χ4n) is 3.84. The fourth-order valence-corrected chi connectivity index (χ4v) is 6.22. The van der Waals surface area contributed by atoms with Crippen molar-refractivity contribution in [2.45, 2.75) is 50.5 Å². The van der Waals surface area contributed by atoms with Gasteiger partial charge < -0.3 is 4.42 Å². The number of aryl methyl sites for hydroxylation is 1. The number of hydrogen-bond donors (Lipinski definition) is 1. The molecular weight excluding hydrogens is 412 g/mol. The average molecular weight is 439 g/mol. The van der Waals surface area contributed by atoms with Gasteiger partial charge in [0, 0.05) is 31.1 Å². The van der Waals surface area contributed by atoms with Crippen LogP contribution in [0.15, 0.2) is 20.8 Å². The monoisotopic (exact) mass is 438 g/mol. The zero-order valence-corrected chi connectivity index (χ0v) is 18.1. The normalized spacial score (nSPS) is 18.9. The Hall–Kier alpha value is -1.75. The molecule has 2 aromatic rings. The average Bonchev–Trinajstić information content (AvgIpc) is 3.44. The van der Waals surface area contributed by atoms with Crippen LogP contribution >= 0.6 is 11.3 Å². The lowest BCUT2D eigenvalue weighted by atomic mass is 10.1. The minimum atomic E-state index is -3.63. The van der Waals surface area contributed by atoms with Gasteiger partial charge in [-0.1, -0.05) is 6.42 Å². The first-order valence-corrected chi connectivity index (χ1v) is 12.3. The number of nitrogens with zero attached hydrogens (tertiary/aromatic N) is 3. The van der Waals surface area contributed by atoms with E-state index in [-0.39, 0.29) is 16.4 Å². The van der Waals surface area contributed by atoms with Crippen molar-refractivity contribution in [2.24, 2.45) is 0 Å². The summed E-state index contributed by atoms with van der Waals surface area (Å²) < 4.78 is 32.4. The molecule has 158 valence electrons. The Labute approximate surface area is 175 Å². The van der Waals surface area contributed by atoms with Gasteiger partial charge in [0.25, 0.3) is 5.91 Å². The molecule has 0 aromatic carbocycles. The lowest BCUT2D eigenvalue weighted by Crippen LogP contribution is -2.29. The molecule has 2 fully saturated rings. The smallest absolute Gasteiger partial charge is 0.293 e. The van der Waals surface area contributed by atoms with Crippen LogP contribution in [0.5, 0.6) is 0 Å². The van der Waals surface area contributed by atoms with Crippen molar-refractivity contribution < 1.29 is 17.6 Å². The Kier molecular flexibility index (Phi) is 6.05. The molecule has 29 heavy (non-hydrogen) atoms. The molecule has 0 bridgehead atoms. The molecule has 1 N–H and O–H groups in total. The topological polar surface area (TPSA) is 95.7 Å². The summed E-state index contributed by atoms with van der Waals surface area (Å²) in [5.41, 5.74) is 0.931. The number of rotatable bonds is 6. The lowest BCUT2D eigenvalue weighted by molar-refractivity contribution is 0.0995. The van der Waals surface area contributed by atoms with E-state index in [9.17, 15) is 13.2 Å². The van der Waals surface area contributed by atoms with Crippen molar-refractivity contribution in [2.75, 3.05) is 31.5 Å². The van der Waals surface area contributed by atoms with E-state index in [0.717, 1.165) is 38.2 Å². The number of carbonyl (C=O) groups is 1. The maximum atomic E-state index is 12.8. The second kappa shape index (κ2) is 8.55. The Balaban J connectivity index is 1.43. The van der Waals surface area contributed by atoms with E-state index in [1.54, 1.807) is 6.92 Å². The Morgan fingerprint density at radius 2 is 1.86 bits per heavy atom. The van der Waals surface area contributed by atoms with Gasteiger partial charge in [0.05, 0.1) is 5.69 Å². The molecule has 4 heterocycles. The molecule has 0 spiro atoms. The molecule has 2 aromatic heterocycles. The molecule has 2 saturated heterocycles. The summed E-state index contributed by atoms with van der Waals surface area (Å²) in [4.78, 5) is 19.5. The maximum Gasteiger partial charge on any atom is 0.293 e. The highest BCUT2D eigenvalue weighted by atomic mass is 32.2. The number of aromatic nitrogens is 1. The summed E-state index contributed by atoms with van der Waals surface area (Å²) in [6, 6.07) is 1.32. The number of amides is 1. The van der Waals surface area contributed by atoms with Crippen LogP contribution in [-0.2, 0) is 16.6 Å². The van der Waals surface area contributed by atoms with Gasteiger partial charge in [0.1, 0.15) is 10.7 Å². The summed E-state index contributed by atoms with van der Waals surface area (Å²) in [6.45, 7) is 5.53. The van der Waals surface area contributed by atoms with E-state index < -0.39 is 15.9 Å². The molecule has 0 radical (unpaired) electrons. The van der Waals surface area contributed by atoms with Gasteiger partial charge in [0.15, 0.2) is 10.9 Å². The third-order valence-electron chi connectivity index (χ3n) is 5.39. The number of anilines is 1. The zero-order valence-electron chi connectivity index (χ0n) is 16.5. The van der Waals surface area contributed by atoms with Gasteiger partial charge in [-0.25, -0.2) is 13.4 Å². The third kappa shape index (κ3) is 4.55. The second-order valence-corrected chi connectivity index (χ2v) is 10.3. The van der Waals surface area contributed by atoms with Crippen molar-refractivity contribution in [1.29, 1.82) is 0 Å². The SMILES string of the molecule is Cc1oc(C(=O)Nc2nc(CN3CCCCC3)cs2)cc1S(=O)(=O)N1CCCC1. The van der Waals surface area contributed by atoms with Crippen molar-refractivity contribution >= 4 is 32.4 Å².